The van der Waals surface area contributed by atoms with Crippen LogP contribution in [-0.2, 0) is 34.9 Å². The van der Waals surface area contributed by atoms with Crippen molar-refractivity contribution in [1.29, 1.82) is 0 Å². The highest BCUT2D eigenvalue weighted by atomic mass is 32.2. The molecule has 0 radical (unpaired) electrons. The number of halogens is 6. The summed E-state index contributed by atoms with van der Waals surface area (Å²) in [6, 6.07) is 2.54. The lowest BCUT2D eigenvalue weighted by Gasteiger charge is -2.49. The van der Waals surface area contributed by atoms with Crippen LogP contribution in [0.3, 0.4) is 0 Å². The summed E-state index contributed by atoms with van der Waals surface area (Å²) in [4.78, 5) is 69.1. The molecule has 1 aromatic carbocycles. The summed E-state index contributed by atoms with van der Waals surface area (Å²) >= 11 is 1.83. The molecule has 248 valence electrons. The summed E-state index contributed by atoms with van der Waals surface area (Å²) in [7, 11) is 0. The normalized spacial score (nSPS) is 21.1. The summed E-state index contributed by atoms with van der Waals surface area (Å²) in [6.45, 7) is -0.0858. The van der Waals surface area contributed by atoms with Gasteiger partial charge in [0.1, 0.15) is 22.8 Å². The van der Waals surface area contributed by atoms with Gasteiger partial charge in [-0.05, 0) is 36.3 Å². The molecule has 4 N–H and O–H groups in total. The zero-order valence-electron chi connectivity index (χ0n) is 23.1. The number of thiazole rings is 1. The molecule has 5 rings (SSSR count). The molecule has 3 aliphatic heterocycles. The van der Waals surface area contributed by atoms with Crippen molar-refractivity contribution in [2.45, 2.75) is 30.2 Å². The molecule has 2 fully saturated rings. The molecule has 1 aromatic heterocycles. The molecule has 21 heteroatoms. The van der Waals surface area contributed by atoms with Crippen molar-refractivity contribution < 1.29 is 60.3 Å². The number of oxime groups is 1. The van der Waals surface area contributed by atoms with Crippen LogP contribution in [0.15, 0.2) is 57.7 Å². The fraction of sp³-hybridized carbons (Fsp3) is 0.269. The minimum atomic E-state index is -5.58. The Hall–Kier alpha value is -4.92. The van der Waals surface area contributed by atoms with Crippen LogP contribution in [0, 0.1) is 0 Å². The molecule has 3 amide bonds. The first-order chi connectivity index (χ1) is 22.0. The van der Waals surface area contributed by atoms with Gasteiger partial charge in [-0.25, -0.2) is 14.6 Å². The number of aromatic nitrogens is 1. The molecule has 47 heavy (non-hydrogen) atoms. The smallest absolute Gasteiger partial charge is 0.410 e. The number of carbonyl (C=O) groups excluding carboxylic acids is 5. The van der Waals surface area contributed by atoms with Gasteiger partial charge in [0.25, 0.3) is 17.7 Å². The minimum Gasteiger partial charge on any atom is -0.410 e. The number of amides is 3. The summed E-state index contributed by atoms with van der Waals surface area (Å²) in [6.07, 6.45) is -9.24. The number of nitrogens with two attached hydrogens (primary N) is 1. The number of alkyl halides is 6. The lowest BCUT2D eigenvalue weighted by molar-refractivity contribution is -0.201. The van der Waals surface area contributed by atoms with E-state index in [0.717, 1.165) is 52.3 Å². The Morgan fingerprint density at radius 3 is 2.51 bits per heavy atom. The Bertz CT molecular complexity index is 1790. The molecule has 0 bridgehead atoms. The fourth-order valence-electron chi connectivity index (χ4n) is 4.81. The van der Waals surface area contributed by atoms with Crippen molar-refractivity contribution in [2.75, 3.05) is 22.9 Å². The van der Waals surface area contributed by atoms with Gasteiger partial charge >= 0.3 is 24.3 Å². The first kappa shape index (κ1) is 33.4. The van der Waals surface area contributed by atoms with Gasteiger partial charge in [0, 0.05) is 28.9 Å². The fourth-order valence-corrected chi connectivity index (χ4v) is 6.66. The highest BCUT2D eigenvalue weighted by Gasteiger charge is 2.55. The maximum atomic E-state index is 13.2. The minimum absolute atomic E-state index is 0.0321. The highest BCUT2D eigenvalue weighted by Crippen LogP contribution is 2.42. The predicted molar refractivity (Wildman–Crippen MR) is 151 cm³/mol. The number of anilines is 2. The van der Waals surface area contributed by atoms with E-state index >= 15 is 0 Å². The second-order valence-electron chi connectivity index (χ2n) is 9.85. The van der Waals surface area contributed by atoms with Gasteiger partial charge < -0.3 is 25.9 Å². The largest absolute Gasteiger partial charge is 0.491 e. The number of β-lactam (4-membered cyclic amide) rings is 1. The van der Waals surface area contributed by atoms with Gasteiger partial charge in [0.2, 0.25) is 0 Å². The monoisotopic (exact) mass is 704 g/mol. The average molecular weight is 705 g/mol. The van der Waals surface area contributed by atoms with Crippen molar-refractivity contribution in [3.63, 3.8) is 0 Å². The van der Waals surface area contributed by atoms with Crippen LogP contribution in [0.4, 0.5) is 37.2 Å². The Kier molecular flexibility index (Phi) is 8.79. The number of hydrogen-bond acceptors (Lipinski definition) is 12. The Labute approximate surface area is 266 Å². The Morgan fingerprint density at radius 2 is 1.89 bits per heavy atom. The number of ether oxygens (including phenoxy) is 1. The summed E-state index contributed by atoms with van der Waals surface area (Å²) in [5.41, 5.74) is 2.60. The number of thioether (sulfide) groups is 1. The molecule has 13 nitrogen and oxygen atoms in total. The van der Waals surface area contributed by atoms with Crippen molar-refractivity contribution in [3.8, 4) is 0 Å². The van der Waals surface area contributed by atoms with Gasteiger partial charge in [-0.2, -0.15) is 26.3 Å². The Balaban J connectivity index is 1.44. The van der Waals surface area contributed by atoms with Crippen LogP contribution in [-0.4, -0.2) is 80.4 Å². The van der Waals surface area contributed by atoms with Gasteiger partial charge in [-0.15, -0.1) is 23.1 Å². The quantitative estimate of drug-likeness (QED) is 0.0591. The second kappa shape index (κ2) is 12.4. The van der Waals surface area contributed by atoms with E-state index in [9.17, 15) is 55.5 Å². The maximum Gasteiger partial charge on any atom is 0.491 e. The molecule has 2 atom stereocenters. The summed E-state index contributed by atoms with van der Waals surface area (Å²) < 4.78 is 82.4. The summed E-state index contributed by atoms with van der Waals surface area (Å²) in [5.74, 6) is -7.91. The number of hydrogen-bond donors (Lipinski definition) is 3. The van der Waals surface area contributed by atoms with E-state index in [4.69, 9.17) is 5.73 Å². The molecule has 0 spiro atoms. The number of rotatable bonds is 6. The van der Waals surface area contributed by atoms with Crippen LogP contribution >= 0.6 is 23.1 Å². The van der Waals surface area contributed by atoms with Crippen molar-refractivity contribution in [3.05, 3.63) is 63.8 Å². The number of carbonyl (C=O) groups is 5. The van der Waals surface area contributed by atoms with Crippen molar-refractivity contribution in [2.24, 2.45) is 5.16 Å². The number of nitrogens with one attached hydrogen (secondary N) is 1. The first-order valence-electron chi connectivity index (χ1n) is 13.0. The number of fused-ring (bicyclic) bond motifs is 1. The lowest BCUT2D eigenvalue weighted by atomic mass is 10.0. The molecule has 2 saturated heterocycles. The molecular weight excluding hydrogens is 686 g/mol. The molecule has 2 aromatic rings. The van der Waals surface area contributed by atoms with E-state index in [2.05, 4.69) is 20.2 Å². The summed E-state index contributed by atoms with van der Waals surface area (Å²) in [5, 5.41) is 14.7. The standard InChI is InChI=1S/C26H18F6N6O7S2/c27-25(28,29)12-2-1-3-13(7-12)37-5-4-10(19(37)40)6-11-8-46-21-16(35-18(39)15(36-44)14-9-47-24(33)34-14)20(41)38(21)17(11)22(42)45-23(43)26(30,31)32/h1-3,6-7,9,16,21,44H,4-5,8H2,(H2,33,34)(H,35,39)/b10-6+,36-15-/t16-,21-/m1/s1. The third kappa shape index (κ3) is 6.52. The van der Waals surface area contributed by atoms with E-state index in [0.29, 0.717) is 4.90 Å². The van der Waals surface area contributed by atoms with Crippen LogP contribution < -0.4 is 16.0 Å². The SMILES string of the molecule is Nc1nc(/C(=N/O)C(=O)N[C@@H]2C(=O)N3C(C(=O)OC(=O)C(F)(F)F)=C(/C=C4\CCN(c5cccc(C(F)(F)F)c5)C4=O)CS[C@H]23)cs1. The van der Waals surface area contributed by atoms with Crippen LogP contribution in [0.5, 0.6) is 0 Å². The van der Waals surface area contributed by atoms with E-state index in [1.54, 1.807) is 0 Å². The van der Waals surface area contributed by atoms with Gasteiger partial charge in [0.05, 0.1) is 5.56 Å². The number of nitrogen functional groups attached to an aromatic ring is 1. The van der Waals surface area contributed by atoms with Gasteiger partial charge in [-0.1, -0.05) is 11.2 Å². The van der Waals surface area contributed by atoms with E-state index < -0.39 is 70.4 Å². The van der Waals surface area contributed by atoms with E-state index in [1.165, 1.54) is 11.4 Å². The molecule has 4 heterocycles. The van der Waals surface area contributed by atoms with Crippen LogP contribution in [0.1, 0.15) is 17.7 Å². The molecule has 0 aliphatic carbocycles. The van der Waals surface area contributed by atoms with Crippen molar-refractivity contribution >= 4 is 69.3 Å². The first-order valence-corrected chi connectivity index (χ1v) is 14.9. The second-order valence-corrected chi connectivity index (χ2v) is 11.8. The predicted octanol–water partition coefficient (Wildman–Crippen LogP) is 2.57. The van der Waals surface area contributed by atoms with Crippen molar-refractivity contribution in [1.82, 2.24) is 15.2 Å². The third-order valence-electron chi connectivity index (χ3n) is 6.93. The van der Waals surface area contributed by atoms with Gasteiger partial charge in [-0.3, -0.25) is 19.3 Å². The van der Waals surface area contributed by atoms with Crippen LogP contribution in [0.25, 0.3) is 0 Å². The zero-order chi connectivity index (χ0) is 34.4. The zero-order valence-corrected chi connectivity index (χ0v) is 24.7. The number of allylic oxidation sites excluding steroid dienone is 1. The number of nitrogens with zero attached hydrogens (tertiary/aromatic N) is 4. The highest BCUT2D eigenvalue weighted by molar-refractivity contribution is 8.00. The lowest BCUT2D eigenvalue weighted by Crippen LogP contribution is -2.71. The number of benzene rings is 1. The van der Waals surface area contributed by atoms with Crippen LogP contribution in [0.2, 0.25) is 0 Å². The maximum absolute atomic E-state index is 13.2. The van der Waals surface area contributed by atoms with E-state index in [1.807, 2.05) is 0 Å². The molecule has 3 aliphatic rings. The Morgan fingerprint density at radius 1 is 1.17 bits per heavy atom. The molecule has 0 unspecified atom stereocenters. The average Bonchev–Trinajstić information content (AvgIpc) is 3.59. The topological polar surface area (TPSA) is 185 Å². The third-order valence-corrected chi connectivity index (χ3v) is 8.91. The number of esters is 2. The van der Waals surface area contributed by atoms with Gasteiger partial charge in [0.15, 0.2) is 10.8 Å². The van der Waals surface area contributed by atoms with E-state index in [-0.39, 0.29) is 46.4 Å². The molecule has 0 saturated carbocycles. The molecular formula is C26H18F6N6O7S2.